The number of carbonyl (C=O) groups excluding carboxylic acids is 1. The average molecular weight is 458 g/mol. The van der Waals surface area contributed by atoms with Crippen LogP contribution in [0.15, 0.2) is 53.6 Å². The van der Waals surface area contributed by atoms with Crippen LogP contribution in [0, 0.1) is 0 Å². The van der Waals surface area contributed by atoms with Gasteiger partial charge in [0.25, 0.3) is 22.4 Å². The quantitative estimate of drug-likeness (QED) is 0.501. The molecule has 1 fully saturated rings. The third-order valence-electron chi connectivity index (χ3n) is 5.27. The Morgan fingerprint density at radius 1 is 1.09 bits per heavy atom. The minimum atomic E-state index is -3.82. The van der Waals surface area contributed by atoms with Gasteiger partial charge in [-0.15, -0.1) is 0 Å². The number of nitrogens with zero attached hydrogens (tertiary/aromatic N) is 2. The summed E-state index contributed by atoms with van der Waals surface area (Å²) < 4.78 is 33.4. The summed E-state index contributed by atoms with van der Waals surface area (Å²) in [5, 5.41) is 13.8. The second-order valence-corrected chi connectivity index (χ2v) is 8.98. The number of anilines is 2. The summed E-state index contributed by atoms with van der Waals surface area (Å²) in [6.45, 7) is 3.19. The molecule has 0 atom stereocenters. The summed E-state index contributed by atoms with van der Waals surface area (Å²) in [6.07, 6.45) is 1.59. The van der Waals surface area contributed by atoms with Gasteiger partial charge in [0, 0.05) is 49.5 Å². The Bertz CT molecular complexity index is 1260. The lowest BCUT2D eigenvalue weighted by Gasteiger charge is -2.30. The van der Waals surface area contributed by atoms with Gasteiger partial charge in [0.05, 0.1) is 16.1 Å². The van der Waals surface area contributed by atoms with Crippen LogP contribution in [0.25, 0.3) is 10.9 Å². The third-order valence-corrected chi connectivity index (χ3v) is 6.96. The van der Waals surface area contributed by atoms with Crippen LogP contribution in [0.4, 0.5) is 11.4 Å². The van der Waals surface area contributed by atoms with Crippen molar-refractivity contribution in [1.82, 2.24) is 9.29 Å². The molecule has 0 saturated carbocycles. The monoisotopic (exact) mass is 458 g/mol. The van der Waals surface area contributed by atoms with Crippen molar-refractivity contribution in [3.05, 3.63) is 48.7 Å². The van der Waals surface area contributed by atoms with E-state index in [0.29, 0.717) is 17.0 Å². The number of rotatable bonds is 3. The molecule has 3 N–H and O–H groups in total. The zero-order valence-electron chi connectivity index (χ0n) is 17.0. The number of benzene rings is 2. The van der Waals surface area contributed by atoms with Crippen molar-refractivity contribution in [2.75, 3.05) is 43.0 Å². The Morgan fingerprint density at radius 2 is 1.84 bits per heavy atom. The van der Waals surface area contributed by atoms with Crippen LogP contribution in [0.1, 0.15) is 0 Å². The van der Waals surface area contributed by atoms with E-state index >= 15 is 0 Å². The van der Waals surface area contributed by atoms with Gasteiger partial charge in [-0.1, -0.05) is 6.07 Å². The summed E-state index contributed by atoms with van der Waals surface area (Å²) in [5.41, 5.74) is 2.14. The van der Waals surface area contributed by atoms with Crippen molar-refractivity contribution in [1.29, 1.82) is 0 Å². The van der Waals surface area contributed by atoms with Crippen molar-refractivity contribution in [2.24, 2.45) is 0 Å². The molecule has 2 aliphatic heterocycles. The van der Waals surface area contributed by atoms with E-state index in [0.717, 1.165) is 37.3 Å². The van der Waals surface area contributed by atoms with E-state index in [-0.39, 0.29) is 23.9 Å². The second kappa shape index (κ2) is 8.89. The van der Waals surface area contributed by atoms with Crippen LogP contribution < -0.4 is 20.3 Å². The van der Waals surface area contributed by atoms with Gasteiger partial charge in [-0.2, -0.15) is 0 Å². The highest BCUT2D eigenvalue weighted by Gasteiger charge is 2.24. The molecule has 3 aromatic rings. The molecular formula is C21H22N4O6S. The summed E-state index contributed by atoms with van der Waals surface area (Å²) in [5.74, 6) is 0.0913. The maximum absolute atomic E-state index is 13.3. The van der Waals surface area contributed by atoms with Gasteiger partial charge in [0.2, 0.25) is 0 Å². The molecule has 0 unspecified atom stereocenters. The number of hydrogen-bond acceptors (Lipinski definition) is 7. The molecule has 0 bridgehead atoms. The Morgan fingerprint density at radius 3 is 2.59 bits per heavy atom. The molecule has 1 aromatic heterocycles. The third kappa shape index (κ3) is 3.99. The summed E-state index contributed by atoms with van der Waals surface area (Å²) in [4.78, 5) is 22.2. The highest BCUT2D eigenvalue weighted by Crippen LogP contribution is 2.34. The molecule has 5 rings (SSSR count). The first-order valence-corrected chi connectivity index (χ1v) is 11.4. The molecule has 0 aliphatic carbocycles. The van der Waals surface area contributed by atoms with Gasteiger partial charge in [-0.3, -0.25) is 9.59 Å². The molecule has 2 aliphatic rings. The Labute approximate surface area is 184 Å². The molecular weight excluding hydrogens is 436 g/mol. The lowest BCUT2D eigenvalue weighted by atomic mass is 10.2. The number of hydrogen-bond donors (Lipinski definition) is 3. The van der Waals surface area contributed by atoms with Crippen LogP contribution in [0.5, 0.6) is 5.75 Å². The van der Waals surface area contributed by atoms with E-state index in [4.69, 9.17) is 14.6 Å². The van der Waals surface area contributed by atoms with E-state index < -0.39 is 10.0 Å². The SMILES string of the molecule is O=C1COc2cc(S(=O)(=O)n3ccc4c(N5CCNCC5)cccc43)ccc2N1.O=CO. The molecule has 1 amide bonds. The van der Waals surface area contributed by atoms with Crippen molar-refractivity contribution in [3.63, 3.8) is 0 Å². The number of carbonyl (C=O) groups is 2. The predicted molar refractivity (Wildman–Crippen MR) is 119 cm³/mol. The highest BCUT2D eigenvalue weighted by molar-refractivity contribution is 7.90. The van der Waals surface area contributed by atoms with Gasteiger partial charge < -0.3 is 25.4 Å². The minimum absolute atomic E-state index is 0.109. The van der Waals surface area contributed by atoms with Gasteiger partial charge in [-0.25, -0.2) is 12.4 Å². The predicted octanol–water partition coefficient (Wildman–Crippen LogP) is 1.32. The van der Waals surface area contributed by atoms with Crippen LogP contribution in [-0.2, 0) is 19.6 Å². The van der Waals surface area contributed by atoms with Crippen LogP contribution in [0.3, 0.4) is 0 Å². The van der Waals surface area contributed by atoms with Crippen LogP contribution >= 0.6 is 0 Å². The maximum Gasteiger partial charge on any atom is 0.290 e. The molecule has 168 valence electrons. The molecule has 11 heteroatoms. The number of carboxylic acid groups (broad SMARTS) is 1. The molecule has 2 aromatic carbocycles. The number of nitrogens with one attached hydrogen (secondary N) is 2. The van der Waals surface area contributed by atoms with Crippen molar-refractivity contribution in [3.8, 4) is 5.75 Å². The first-order chi connectivity index (χ1) is 15.5. The van der Waals surface area contributed by atoms with Gasteiger partial charge in [0.1, 0.15) is 5.75 Å². The number of amides is 1. The molecule has 3 heterocycles. The lowest BCUT2D eigenvalue weighted by Crippen LogP contribution is -2.43. The highest BCUT2D eigenvalue weighted by atomic mass is 32.2. The van der Waals surface area contributed by atoms with Gasteiger partial charge in [-0.05, 0) is 30.3 Å². The van der Waals surface area contributed by atoms with E-state index in [9.17, 15) is 13.2 Å². The largest absolute Gasteiger partial charge is 0.483 e. The Hall–Kier alpha value is -3.57. The van der Waals surface area contributed by atoms with E-state index in [2.05, 4.69) is 15.5 Å². The number of ether oxygens (including phenoxy) is 1. The first-order valence-electron chi connectivity index (χ1n) is 9.91. The van der Waals surface area contributed by atoms with Crippen LogP contribution in [-0.4, -0.2) is 62.7 Å². The topological polar surface area (TPSA) is 130 Å². The molecule has 0 radical (unpaired) electrons. The van der Waals surface area contributed by atoms with Crippen LogP contribution in [0.2, 0.25) is 0 Å². The smallest absolute Gasteiger partial charge is 0.290 e. The van der Waals surface area contributed by atoms with Gasteiger partial charge >= 0.3 is 0 Å². The molecule has 0 spiro atoms. The van der Waals surface area contributed by atoms with Crippen molar-refractivity contribution in [2.45, 2.75) is 4.90 Å². The van der Waals surface area contributed by atoms with E-state index in [1.54, 1.807) is 12.3 Å². The van der Waals surface area contributed by atoms with E-state index in [1.165, 1.54) is 16.1 Å². The summed E-state index contributed by atoms with van der Waals surface area (Å²) in [6, 6.07) is 12.1. The number of aromatic nitrogens is 1. The average Bonchev–Trinajstić information content (AvgIpc) is 3.25. The first kappa shape index (κ1) is 21.7. The minimum Gasteiger partial charge on any atom is -0.483 e. The molecule has 32 heavy (non-hydrogen) atoms. The number of piperazine rings is 1. The standard InChI is InChI=1S/C20H20N4O4S.CH2O2/c25-20-13-28-19-12-14(4-5-16(19)22-20)29(26,27)24-9-6-15-17(2-1-3-18(15)24)23-10-7-21-8-11-23;2-1-3/h1-6,9,12,21H,7-8,10-11,13H2,(H,22,25);1H,(H,2,3). The molecule has 1 saturated heterocycles. The summed E-state index contributed by atoms with van der Waals surface area (Å²) in [7, 11) is -3.82. The fourth-order valence-corrected chi connectivity index (χ4v) is 5.21. The Balaban J connectivity index is 0.000000775. The Kier molecular flexibility index (Phi) is 6.01. The second-order valence-electron chi connectivity index (χ2n) is 7.16. The fourth-order valence-electron chi connectivity index (χ4n) is 3.85. The lowest BCUT2D eigenvalue weighted by molar-refractivity contribution is -0.123. The molecule has 10 nitrogen and oxygen atoms in total. The van der Waals surface area contributed by atoms with Gasteiger partial charge in [0.15, 0.2) is 6.61 Å². The maximum atomic E-state index is 13.3. The van der Waals surface area contributed by atoms with E-state index in [1.807, 2.05) is 24.3 Å². The normalized spacial score (nSPS) is 15.8. The zero-order chi connectivity index (χ0) is 22.7. The van der Waals surface area contributed by atoms with Crippen molar-refractivity contribution >= 4 is 44.7 Å². The summed E-state index contributed by atoms with van der Waals surface area (Å²) >= 11 is 0. The fraction of sp³-hybridized carbons (Fsp3) is 0.238. The van der Waals surface area contributed by atoms with Crippen molar-refractivity contribution < 1.29 is 27.9 Å². The zero-order valence-corrected chi connectivity index (χ0v) is 17.8. The number of fused-ring (bicyclic) bond motifs is 2.